The van der Waals surface area contributed by atoms with Crippen LogP contribution in [0.1, 0.15) is 18.4 Å². The van der Waals surface area contributed by atoms with Crippen molar-refractivity contribution in [2.75, 3.05) is 0 Å². The fourth-order valence-corrected chi connectivity index (χ4v) is 1.62. The molecule has 1 aromatic carbocycles. The van der Waals surface area contributed by atoms with Gasteiger partial charge in [-0.25, -0.2) is 4.79 Å². The second-order valence-corrected chi connectivity index (χ2v) is 4.27. The number of hydrogen-bond donors (Lipinski definition) is 4. The van der Waals surface area contributed by atoms with Crippen LogP contribution in [0, 0.1) is 0 Å². The third kappa shape index (κ3) is 4.97. The summed E-state index contributed by atoms with van der Waals surface area (Å²) in [6, 6.07) is 5.09. The van der Waals surface area contributed by atoms with Crippen LogP contribution < -0.4 is 11.1 Å². The quantitative estimate of drug-likeness (QED) is 0.548. The highest BCUT2D eigenvalue weighted by atomic mass is 16.4. The number of para-hydroxylation sites is 1. The Hall–Kier alpha value is -2.57. The lowest BCUT2D eigenvalue weighted by Gasteiger charge is -2.14. The lowest BCUT2D eigenvalue weighted by atomic mass is 10.1. The third-order valence-electron chi connectivity index (χ3n) is 2.66. The molecular formula is C13H16N2O5. The molecule has 0 aromatic heterocycles. The predicted molar refractivity (Wildman–Crippen MR) is 69.8 cm³/mol. The molecule has 7 heteroatoms. The van der Waals surface area contributed by atoms with Crippen molar-refractivity contribution < 1.29 is 24.6 Å². The Balaban J connectivity index is 2.60. The molecule has 0 unspecified atom stereocenters. The zero-order valence-electron chi connectivity index (χ0n) is 10.7. The van der Waals surface area contributed by atoms with Crippen LogP contribution in [0.3, 0.4) is 0 Å². The molecule has 0 saturated heterocycles. The lowest BCUT2D eigenvalue weighted by molar-refractivity contribution is -0.142. The minimum Gasteiger partial charge on any atom is -0.508 e. The number of hydrogen-bond acceptors (Lipinski definition) is 4. The fourth-order valence-electron chi connectivity index (χ4n) is 1.62. The standard InChI is InChI=1S/C13H16N2O5/c14-11(17)6-5-9(13(19)20)15-12(18)7-8-3-1-2-4-10(8)16/h1-4,9,16H,5-7H2,(H2,14,17)(H,15,18)(H,19,20)/t9-/m0/s1. The monoisotopic (exact) mass is 280 g/mol. The number of carboxylic acids is 1. The van der Waals surface area contributed by atoms with Crippen molar-refractivity contribution in [3.8, 4) is 5.75 Å². The second-order valence-electron chi connectivity index (χ2n) is 4.27. The number of phenolic OH excluding ortho intramolecular Hbond substituents is 1. The van der Waals surface area contributed by atoms with Gasteiger partial charge in [-0.15, -0.1) is 0 Å². The first-order valence-corrected chi connectivity index (χ1v) is 5.97. The number of carbonyl (C=O) groups excluding carboxylic acids is 2. The lowest BCUT2D eigenvalue weighted by Crippen LogP contribution is -2.42. The molecule has 0 aliphatic carbocycles. The fraction of sp³-hybridized carbons (Fsp3) is 0.308. The summed E-state index contributed by atoms with van der Waals surface area (Å²) in [4.78, 5) is 33.3. The van der Waals surface area contributed by atoms with Gasteiger partial charge in [0.1, 0.15) is 11.8 Å². The summed E-state index contributed by atoms with van der Waals surface area (Å²) in [6.45, 7) is 0. The Morgan fingerprint density at radius 2 is 1.90 bits per heavy atom. The molecule has 2 amide bonds. The van der Waals surface area contributed by atoms with Crippen LogP contribution in [-0.2, 0) is 20.8 Å². The van der Waals surface area contributed by atoms with E-state index in [-0.39, 0.29) is 25.0 Å². The molecule has 1 aromatic rings. The van der Waals surface area contributed by atoms with Crippen molar-refractivity contribution in [2.24, 2.45) is 5.73 Å². The third-order valence-corrected chi connectivity index (χ3v) is 2.66. The van der Waals surface area contributed by atoms with Crippen LogP contribution in [0.5, 0.6) is 5.75 Å². The van der Waals surface area contributed by atoms with Gasteiger partial charge in [-0.1, -0.05) is 18.2 Å². The van der Waals surface area contributed by atoms with Crippen molar-refractivity contribution in [3.05, 3.63) is 29.8 Å². The highest BCUT2D eigenvalue weighted by Crippen LogP contribution is 2.16. The Bertz CT molecular complexity index is 515. The SMILES string of the molecule is NC(=O)CC[C@H](NC(=O)Cc1ccccc1O)C(=O)O. The topological polar surface area (TPSA) is 130 Å². The van der Waals surface area contributed by atoms with Gasteiger partial charge < -0.3 is 21.3 Å². The second kappa shape index (κ2) is 7.13. The van der Waals surface area contributed by atoms with Crippen LogP contribution >= 0.6 is 0 Å². The number of aromatic hydroxyl groups is 1. The molecular weight excluding hydrogens is 264 g/mol. The van der Waals surface area contributed by atoms with Crippen LogP contribution in [0.15, 0.2) is 24.3 Å². The van der Waals surface area contributed by atoms with Gasteiger partial charge in [0.05, 0.1) is 6.42 Å². The number of benzene rings is 1. The summed E-state index contributed by atoms with van der Waals surface area (Å²) < 4.78 is 0. The summed E-state index contributed by atoms with van der Waals surface area (Å²) in [6.07, 6.45) is -0.349. The zero-order chi connectivity index (χ0) is 15.1. The Morgan fingerprint density at radius 3 is 2.45 bits per heavy atom. The summed E-state index contributed by atoms with van der Waals surface area (Å²) in [5.74, 6) is -2.46. The Kier molecular flexibility index (Phi) is 5.52. The van der Waals surface area contributed by atoms with Gasteiger partial charge in [0.15, 0.2) is 0 Å². The van der Waals surface area contributed by atoms with Crippen molar-refractivity contribution in [1.82, 2.24) is 5.32 Å². The van der Waals surface area contributed by atoms with Gasteiger partial charge in [-0.05, 0) is 12.5 Å². The van der Waals surface area contributed by atoms with Crippen LogP contribution in [-0.4, -0.2) is 34.0 Å². The maximum absolute atomic E-state index is 11.7. The molecule has 7 nitrogen and oxygen atoms in total. The first-order valence-electron chi connectivity index (χ1n) is 5.97. The number of nitrogens with one attached hydrogen (secondary N) is 1. The molecule has 108 valence electrons. The van der Waals surface area contributed by atoms with Gasteiger partial charge in [0.25, 0.3) is 0 Å². The Morgan fingerprint density at radius 1 is 1.25 bits per heavy atom. The summed E-state index contributed by atoms with van der Waals surface area (Å²) in [5, 5.41) is 20.8. The molecule has 1 atom stereocenters. The predicted octanol–water partition coefficient (Wildman–Crippen LogP) is -0.230. The molecule has 0 radical (unpaired) electrons. The zero-order valence-corrected chi connectivity index (χ0v) is 10.7. The average molecular weight is 280 g/mol. The van der Waals surface area contributed by atoms with E-state index in [2.05, 4.69) is 5.32 Å². The summed E-state index contributed by atoms with van der Waals surface area (Å²) >= 11 is 0. The van der Waals surface area contributed by atoms with Gasteiger partial charge in [0.2, 0.25) is 11.8 Å². The number of carbonyl (C=O) groups is 3. The van der Waals surface area contributed by atoms with E-state index in [9.17, 15) is 19.5 Å². The number of primary amides is 1. The van der Waals surface area contributed by atoms with E-state index in [1.54, 1.807) is 18.2 Å². The highest BCUT2D eigenvalue weighted by molar-refractivity contribution is 5.85. The van der Waals surface area contributed by atoms with E-state index in [0.717, 1.165) is 0 Å². The number of phenols is 1. The molecule has 0 aliphatic heterocycles. The van der Waals surface area contributed by atoms with Crippen molar-refractivity contribution >= 4 is 17.8 Å². The molecule has 20 heavy (non-hydrogen) atoms. The van der Waals surface area contributed by atoms with E-state index in [0.29, 0.717) is 5.56 Å². The molecule has 1 rings (SSSR count). The molecule has 5 N–H and O–H groups in total. The number of nitrogens with two attached hydrogens (primary N) is 1. The van der Waals surface area contributed by atoms with Crippen molar-refractivity contribution in [3.63, 3.8) is 0 Å². The highest BCUT2D eigenvalue weighted by Gasteiger charge is 2.20. The summed E-state index contributed by atoms with van der Waals surface area (Å²) in [7, 11) is 0. The van der Waals surface area contributed by atoms with Gasteiger partial charge in [-0.3, -0.25) is 9.59 Å². The maximum Gasteiger partial charge on any atom is 0.326 e. The van der Waals surface area contributed by atoms with Gasteiger partial charge in [-0.2, -0.15) is 0 Å². The largest absolute Gasteiger partial charge is 0.508 e. The number of aliphatic carboxylic acids is 1. The van der Waals surface area contributed by atoms with Crippen LogP contribution in [0.4, 0.5) is 0 Å². The number of carboxylic acid groups (broad SMARTS) is 1. The summed E-state index contributed by atoms with van der Waals surface area (Å²) in [5.41, 5.74) is 5.33. The van der Waals surface area contributed by atoms with Gasteiger partial charge in [0, 0.05) is 12.0 Å². The first kappa shape index (κ1) is 15.5. The van der Waals surface area contributed by atoms with E-state index >= 15 is 0 Å². The first-order chi connectivity index (χ1) is 9.40. The molecule has 0 saturated carbocycles. The molecule has 0 bridgehead atoms. The van der Waals surface area contributed by atoms with Crippen LogP contribution in [0.25, 0.3) is 0 Å². The average Bonchev–Trinajstić information content (AvgIpc) is 2.36. The van der Waals surface area contributed by atoms with Crippen molar-refractivity contribution in [1.29, 1.82) is 0 Å². The molecule has 0 spiro atoms. The minimum absolute atomic E-state index is 0.0355. The minimum atomic E-state index is -1.24. The van der Waals surface area contributed by atoms with Crippen molar-refractivity contribution in [2.45, 2.75) is 25.3 Å². The molecule has 0 fully saturated rings. The van der Waals surface area contributed by atoms with E-state index in [1.165, 1.54) is 6.07 Å². The van der Waals surface area contributed by atoms with E-state index < -0.39 is 23.8 Å². The van der Waals surface area contributed by atoms with Gasteiger partial charge >= 0.3 is 5.97 Å². The van der Waals surface area contributed by atoms with Crippen LogP contribution in [0.2, 0.25) is 0 Å². The van der Waals surface area contributed by atoms with E-state index in [1.807, 2.05) is 0 Å². The Labute approximate surface area is 115 Å². The normalized spacial score (nSPS) is 11.6. The number of rotatable bonds is 7. The number of amides is 2. The smallest absolute Gasteiger partial charge is 0.326 e. The van der Waals surface area contributed by atoms with E-state index in [4.69, 9.17) is 10.8 Å². The molecule has 0 heterocycles. The molecule has 0 aliphatic rings. The maximum atomic E-state index is 11.7.